The summed E-state index contributed by atoms with van der Waals surface area (Å²) in [6, 6.07) is 16.1. The van der Waals surface area contributed by atoms with Gasteiger partial charge in [0, 0.05) is 56.9 Å². The number of aliphatic hydroxyl groups is 1. The Morgan fingerprint density at radius 3 is 2.46 bits per heavy atom. The second-order valence-corrected chi connectivity index (χ2v) is 14.7. The number of aliphatic hydroxyl groups excluding tert-OH is 1. The van der Waals surface area contributed by atoms with E-state index < -0.39 is 21.8 Å². The van der Waals surface area contributed by atoms with Gasteiger partial charge in [0.2, 0.25) is 0 Å². The summed E-state index contributed by atoms with van der Waals surface area (Å²) >= 11 is 0. The van der Waals surface area contributed by atoms with Gasteiger partial charge in [-0.25, -0.2) is 18.4 Å². The topological polar surface area (TPSA) is 166 Å². The van der Waals surface area contributed by atoms with Gasteiger partial charge < -0.3 is 25.5 Å². The van der Waals surface area contributed by atoms with E-state index in [-0.39, 0.29) is 40.0 Å². The fraction of sp³-hybridized carbons (Fsp3) is 0.441. The van der Waals surface area contributed by atoms with Gasteiger partial charge in [-0.2, -0.15) is 0 Å². The predicted molar refractivity (Wildman–Crippen MR) is 179 cm³/mol. The number of nitrogens with one attached hydrogen (secondary N) is 2. The summed E-state index contributed by atoms with van der Waals surface area (Å²) in [7, 11) is -1.97. The number of carbonyl (C=O) groups is 2. The van der Waals surface area contributed by atoms with Crippen LogP contribution in [-0.2, 0) is 32.4 Å². The lowest BCUT2D eigenvalue weighted by Gasteiger charge is -2.32. The molecule has 2 aromatic carbocycles. The third kappa shape index (κ3) is 8.00. The molecule has 2 amide bonds. The third-order valence-electron chi connectivity index (χ3n) is 9.02. The van der Waals surface area contributed by atoms with Crippen molar-refractivity contribution in [1.29, 1.82) is 0 Å². The third-order valence-corrected chi connectivity index (χ3v) is 11.3. The quantitative estimate of drug-likeness (QED) is 0.191. The molecule has 0 bridgehead atoms. The maximum absolute atomic E-state index is 13.4. The van der Waals surface area contributed by atoms with E-state index in [1.54, 1.807) is 23.1 Å². The number of carbonyl (C=O) groups excluding carboxylic acids is 2. The summed E-state index contributed by atoms with van der Waals surface area (Å²) in [6.45, 7) is 3.11. The van der Waals surface area contributed by atoms with Crippen molar-refractivity contribution in [3.05, 3.63) is 83.3 Å². The van der Waals surface area contributed by atoms with Gasteiger partial charge in [-0.1, -0.05) is 41.6 Å². The summed E-state index contributed by atoms with van der Waals surface area (Å²) in [6.07, 6.45) is 4.16. The molecule has 0 spiro atoms. The molecule has 0 unspecified atom stereocenters. The molecule has 14 heteroatoms. The van der Waals surface area contributed by atoms with Gasteiger partial charge in [0.25, 0.3) is 11.8 Å². The van der Waals surface area contributed by atoms with Crippen molar-refractivity contribution in [3.63, 3.8) is 0 Å². The van der Waals surface area contributed by atoms with Gasteiger partial charge in [-0.05, 0) is 55.4 Å². The van der Waals surface area contributed by atoms with E-state index in [4.69, 9.17) is 4.84 Å². The number of hydrogen-bond acceptors (Lipinski definition) is 11. The van der Waals surface area contributed by atoms with Crippen LogP contribution in [0.2, 0.25) is 0 Å². The fourth-order valence-electron chi connectivity index (χ4n) is 6.20. The predicted octanol–water partition coefficient (Wildman–Crippen LogP) is 2.02. The van der Waals surface area contributed by atoms with Gasteiger partial charge in [0.05, 0.1) is 16.2 Å². The number of β-amino-alcohol motifs (C(OH)–C–C–N with tert-alkyl or cyclic N) is 1. The van der Waals surface area contributed by atoms with E-state index in [0.717, 1.165) is 19.5 Å². The van der Waals surface area contributed by atoms with Crippen molar-refractivity contribution in [2.24, 2.45) is 5.16 Å². The average Bonchev–Trinajstić information content (AvgIpc) is 3.97. The fourth-order valence-corrected chi connectivity index (χ4v) is 7.86. The zero-order valence-electron chi connectivity index (χ0n) is 26.9. The number of sulfone groups is 1. The number of nitrogens with zero attached hydrogens (tertiary/aromatic N) is 5. The van der Waals surface area contributed by atoms with Gasteiger partial charge in [0.1, 0.15) is 24.9 Å². The van der Waals surface area contributed by atoms with Crippen molar-refractivity contribution < 1.29 is 28.0 Å². The number of anilines is 1. The summed E-state index contributed by atoms with van der Waals surface area (Å²) in [5.74, 6) is -0.205. The van der Waals surface area contributed by atoms with Crippen LogP contribution < -0.4 is 10.6 Å². The van der Waals surface area contributed by atoms with Crippen molar-refractivity contribution in [2.75, 3.05) is 45.2 Å². The summed E-state index contributed by atoms with van der Waals surface area (Å²) < 4.78 is 25.1. The number of piperidine rings is 1. The Morgan fingerprint density at radius 2 is 1.75 bits per heavy atom. The van der Waals surface area contributed by atoms with Crippen LogP contribution in [0.1, 0.15) is 52.9 Å². The summed E-state index contributed by atoms with van der Waals surface area (Å²) in [5, 5.41) is 20.4. The van der Waals surface area contributed by atoms with Crippen molar-refractivity contribution >= 4 is 33.2 Å². The monoisotopic (exact) mass is 675 g/mol. The molecule has 0 radical (unpaired) electrons. The Labute approximate surface area is 280 Å². The number of fused-ring (bicyclic) bond motifs is 1. The SMILES string of the molecule is CON=C(C(=O)N1CCC(Nc2cc(C(=O)NC[C@H](O)CN3CCc4ccccc4C3)ncn2)CC1)c1ccc(S(=O)(=O)C2CC2)cc1. The number of rotatable bonds is 12. The lowest BCUT2D eigenvalue weighted by Crippen LogP contribution is -2.45. The number of oxime groups is 1. The molecular weight excluding hydrogens is 634 g/mol. The number of aromatic nitrogens is 2. The molecule has 1 atom stereocenters. The summed E-state index contributed by atoms with van der Waals surface area (Å²) in [5.41, 5.74) is 3.40. The minimum absolute atomic E-state index is 0.00563. The highest BCUT2D eigenvalue weighted by molar-refractivity contribution is 7.92. The molecule has 2 aliphatic heterocycles. The van der Waals surface area contributed by atoms with Crippen molar-refractivity contribution in [2.45, 2.75) is 60.9 Å². The average molecular weight is 676 g/mol. The van der Waals surface area contributed by atoms with Crippen LogP contribution in [0.25, 0.3) is 0 Å². The lowest BCUT2D eigenvalue weighted by molar-refractivity contribution is -0.125. The molecule has 3 heterocycles. The van der Waals surface area contributed by atoms with E-state index in [1.165, 1.54) is 36.7 Å². The second-order valence-electron chi connectivity index (χ2n) is 12.5. The van der Waals surface area contributed by atoms with Gasteiger partial charge in [-0.15, -0.1) is 0 Å². The molecule has 3 aliphatic rings. The highest BCUT2D eigenvalue weighted by Gasteiger charge is 2.37. The van der Waals surface area contributed by atoms with Gasteiger partial charge in [-0.3, -0.25) is 14.5 Å². The normalized spacial score (nSPS) is 18.1. The molecule has 3 aromatic rings. The van der Waals surface area contributed by atoms with Crippen LogP contribution in [0, 0.1) is 0 Å². The first kappa shape index (κ1) is 33.5. The molecule has 1 aliphatic carbocycles. The van der Waals surface area contributed by atoms with Crippen LogP contribution in [0.4, 0.5) is 5.82 Å². The Hall–Kier alpha value is -4.40. The Kier molecular flexibility index (Phi) is 10.3. The lowest BCUT2D eigenvalue weighted by atomic mass is 10.00. The van der Waals surface area contributed by atoms with Gasteiger partial charge >= 0.3 is 0 Å². The molecule has 6 rings (SSSR count). The molecular formula is C34H41N7O6S. The van der Waals surface area contributed by atoms with Crippen LogP contribution in [0.15, 0.2) is 71.0 Å². The number of benzene rings is 2. The van der Waals surface area contributed by atoms with Crippen molar-refractivity contribution in [3.8, 4) is 0 Å². The maximum atomic E-state index is 13.4. The first-order valence-electron chi connectivity index (χ1n) is 16.3. The standard InChI is InChI=1S/C34H41N7O6S/c1-47-39-32(24-6-8-28(9-7-24)48(45,46)29-10-11-29)34(44)41-16-13-26(14-17-41)38-31-18-30(36-22-37-31)33(43)35-19-27(42)21-40-15-12-23-4-2-3-5-25(23)20-40/h2-9,18,22,26-27,29,42H,10-17,19-21H2,1H3,(H,35,43)(H,36,37,38)/t27-/m0/s1. The molecule has 1 saturated carbocycles. The molecule has 1 saturated heterocycles. The zero-order valence-corrected chi connectivity index (χ0v) is 27.7. The highest BCUT2D eigenvalue weighted by atomic mass is 32.2. The van der Waals surface area contributed by atoms with Crippen LogP contribution >= 0.6 is 0 Å². The summed E-state index contributed by atoms with van der Waals surface area (Å²) in [4.78, 5) is 43.8. The Bertz CT molecular complexity index is 1760. The highest BCUT2D eigenvalue weighted by Crippen LogP contribution is 2.33. The Morgan fingerprint density at radius 1 is 1.02 bits per heavy atom. The van der Waals surface area contributed by atoms with E-state index in [1.807, 2.05) is 12.1 Å². The zero-order chi connectivity index (χ0) is 33.7. The number of hydrogen-bond donors (Lipinski definition) is 3. The minimum Gasteiger partial charge on any atom is -0.398 e. The largest absolute Gasteiger partial charge is 0.398 e. The van der Waals surface area contributed by atoms with Crippen molar-refractivity contribution in [1.82, 2.24) is 25.1 Å². The molecule has 13 nitrogen and oxygen atoms in total. The first-order chi connectivity index (χ1) is 23.2. The molecule has 2 fully saturated rings. The molecule has 3 N–H and O–H groups in total. The van der Waals surface area contributed by atoms with E-state index in [2.05, 4.69) is 42.8 Å². The van der Waals surface area contributed by atoms with E-state index >= 15 is 0 Å². The van der Waals surface area contributed by atoms with Crippen LogP contribution in [0.3, 0.4) is 0 Å². The first-order valence-corrected chi connectivity index (χ1v) is 17.8. The minimum atomic E-state index is -3.34. The van der Waals surface area contributed by atoms with Gasteiger partial charge in [0.15, 0.2) is 15.5 Å². The Balaban J connectivity index is 0.973. The number of amides is 2. The van der Waals surface area contributed by atoms with Crippen LogP contribution in [0.5, 0.6) is 0 Å². The smallest absolute Gasteiger partial charge is 0.276 e. The molecule has 254 valence electrons. The second kappa shape index (κ2) is 14.8. The molecule has 1 aromatic heterocycles. The van der Waals surface area contributed by atoms with E-state index in [0.29, 0.717) is 56.7 Å². The molecule has 48 heavy (non-hydrogen) atoms. The number of likely N-dealkylation sites (tertiary alicyclic amines) is 1. The van der Waals surface area contributed by atoms with E-state index in [9.17, 15) is 23.1 Å². The van der Waals surface area contributed by atoms with Crippen LogP contribution in [-0.4, -0.2) is 108 Å². The maximum Gasteiger partial charge on any atom is 0.276 e.